The third kappa shape index (κ3) is 4.36. The number of hydrogen-bond acceptors (Lipinski definition) is 8. The van der Waals surface area contributed by atoms with E-state index in [-0.39, 0.29) is 6.04 Å². The largest absolute Gasteiger partial charge is 0.379 e. The topological polar surface area (TPSA) is 72.2 Å². The third-order valence-corrected chi connectivity index (χ3v) is 7.60. The van der Waals surface area contributed by atoms with Crippen LogP contribution in [0.1, 0.15) is 34.8 Å². The van der Waals surface area contributed by atoms with Crippen LogP contribution >= 0.6 is 11.3 Å². The average Bonchev–Trinajstić information content (AvgIpc) is 3.47. The molecule has 1 unspecified atom stereocenters. The van der Waals surface area contributed by atoms with Gasteiger partial charge in [0.15, 0.2) is 0 Å². The van der Waals surface area contributed by atoms with E-state index in [4.69, 9.17) is 14.7 Å². The Morgan fingerprint density at radius 2 is 1.88 bits per heavy atom. The van der Waals surface area contributed by atoms with Crippen LogP contribution in [0.25, 0.3) is 15.9 Å². The highest BCUT2D eigenvalue weighted by Gasteiger charge is 2.22. The molecule has 33 heavy (non-hydrogen) atoms. The second kappa shape index (κ2) is 9.17. The number of thiophene rings is 1. The molecule has 9 heteroatoms. The number of nitrogens with zero attached hydrogens (tertiary/aromatic N) is 7. The van der Waals surface area contributed by atoms with Crippen LogP contribution in [0.5, 0.6) is 0 Å². The summed E-state index contributed by atoms with van der Waals surface area (Å²) in [6.45, 7) is 10.7. The van der Waals surface area contributed by atoms with Crippen molar-refractivity contribution in [3.8, 4) is 5.69 Å². The van der Waals surface area contributed by atoms with E-state index in [0.29, 0.717) is 0 Å². The molecule has 0 radical (unpaired) electrons. The van der Waals surface area contributed by atoms with Crippen LogP contribution in [0.15, 0.2) is 36.9 Å². The number of rotatable bonds is 6. The highest BCUT2D eigenvalue weighted by Crippen LogP contribution is 2.37. The normalized spacial score (nSPS) is 15.8. The summed E-state index contributed by atoms with van der Waals surface area (Å²) in [7, 11) is 2.13. The summed E-state index contributed by atoms with van der Waals surface area (Å²) in [4.78, 5) is 21.1. The summed E-state index contributed by atoms with van der Waals surface area (Å²) >= 11 is 1.76. The van der Waals surface area contributed by atoms with Gasteiger partial charge in [-0.15, -0.1) is 11.3 Å². The van der Waals surface area contributed by atoms with Crippen LogP contribution in [0.4, 0.5) is 5.82 Å². The van der Waals surface area contributed by atoms with E-state index in [1.807, 2.05) is 0 Å². The van der Waals surface area contributed by atoms with Crippen LogP contribution in [0.2, 0.25) is 0 Å². The number of benzene rings is 1. The molecule has 5 rings (SSSR count). The molecule has 3 aromatic heterocycles. The first-order chi connectivity index (χ1) is 16.0. The van der Waals surface area contributed by atoms with E-state index in [1.165, 1.54) is 16.0 Å². The Kier molecular flexibility index (Phi) is 6.09. The first-order valence-electron chi connectivity index (χ1n) is 11.3. The molecule has 0 N–H and O–H groups in total. The maximum absolute atomic E-state index is 5.50. The fourth-order valence-corrected chi connectivity index (χ4v) is 5.25. The zero-order valence-corrected chi connectivity index (χ0v) is 20.3. The van der Waals surface area contributed by atoms with Gasteiger partial charge < -0.3 is 9.64 Å². The molecule has 0 spiro atoms. The van der Waals surface area contributed by atoms with Gasteiger partial charge in [-0.2, -0.15) is 5.10 Å². The quantitative estimate of drug-likeness (QED) is 0.429. The molecular weight excluding hydrogens is 434 g/mol. The van der Waals surface area contributed by atoms with Gasteiger partial charge in [0.2, 0.25) is 0 Å². The van der Waals surface area contributed by atoms with Crippen molar-refractivity contribution in [2.24, 2.45) is 0 Å². The number of anilines is 1. The van der Waals surface area contributed by atoms with Gasteiger partial charge in [0.05, 0.1) is 36.9 Å². The van der Waals surface area contributed by atoms with Crippen LogP contribution < -0.4 is 4.90 Å². The van der Waals surface area contributed by atoms with Crippen LogP contribution in [-0.2, 0) is 11.3 Å². The molecule has 172 valence electrons. The van der Waals surface area contributed by atoms with Gasteiger partial charge in [0.25, 0.3) is 0 Å². The second-order valence-corrected chi connectivity index (χ2v) is 9.74. The molecule has 1 atom stereocenters. The molecule has 1 saturated heterocycles. The number of hydrogen-bond donors (Lipinski definition) is 0. The van der Waals surface area contributed by atoms with Gasteiger partial charge in [0, 0.05) is 25.0 Å². The smallest absolute Gasteiger partial charge is 0.146 e. The van der Waals surface area contributed by atoms with Crippen LogP contribution in [0, 0.1) is 13.8 Å². The molecule has 1 fully saturated rings. The Morgan fingerprint density at radius 3 is 2.58 bits per heavy atom. The van der Waals surface area contributed by atoms with Crippen molar-refractivity contribution in [3.05, 3.63) is 58.7 Å². The van der Waals surface area contributed by atoms with Gasteiger partial charge in [0.1, 0.15) is 29.1 Å². The minimum atomic E-state index is 0.142. The third-order valence-electron chi connectivity index (χ3n) is 6.50. The minimum Gasteiger partial charge on any atom is -0.379 e. The maximum atomic E-state index is 5.50. The molecular formula is C24H29N7OS. The fourth-order valence-electron chi connectivity index (χ4n) is 4.21. The fraction of sp³-hybridized carbons (Fsp3) is 0.417. The Hall–Kier alpha value is -2.88. The average molecular weight is 464 g/mol. The molecule has 1 aromatic carbocycles. The van der Waals surface area contributed by atoms with Gasteiger partial charge >= 0.3 is 0 Å². The van der Waals surface area contributed by atoms with Gasteiger partial charge in [-0.25, -0.2) is 19.6 Å². The summed E-state index contributed by atoms with van der Waals surface area (Å²) in [5.41, 5.74) is 3.48. The highest BCUT2D eigenvalue weighted by atomic mass is 32.1. The SMILES string of the molecule is Cc1sc2nc(CN3CCOCC3)nc(N(C)C(C)c3ccc(-n4cncn4)cc3)c2c1C. The lowest BCUT2D eigenvalue weighted by atomic mass is 10.1. The number of ether oxygens (including phenoxy) is 1. The second-order valence-electron chi connectivity index (χ2n) is 8.53. The molecule has 4 heterocycles. The summed E-state index contributed by atoms with van der Waals surface area (Å²) in [5, 5.41) is 5.38. The monoisotopic (exact) mass is 463 g/mol. The molecule has 0 aliphatic carbocycles. The summed E-state index contributed by atoms with van der Waals surface area (Å²) in [6.07, 6.45) is 3.25. The number of morpholine rings is 1. The Balaban J connectivity index is 1.47. The zero-order valence-electron chi connectivity index (χ0n) is 19.5. The van der Waals surface area contributed by atoms with Crippen LogP contribution in [0.3, 0.4) is 0 Å². The molecule has 0 amide bonds. The molecule has 4 aromatic rings. The van der Waals surface area contributed by atoms with Crippen molar-refractivity contribution in [2.75, 3.05) is 38.3 Å². The highest BCUT2D eigenvalue weighted by molar-refractivity contribution is 7.18. The summed E-state index contributed by atoms with van der Waals surface area (Å²) in [6, 6.07) is 8.60. The summed E-state index contributed by atoms with van der Waals surface area (Å²) in [5.74, 6) is 1.87. The van der Waals surface area contributed by atoms with E-state index in [1.54, 1.807) is 28.7 Å². The van der Waals surface area contributed by atoms with Crippen molar-refractivity contribution in [2.45, 2.75) is 33.4 Å². The molecule has 0 saturated carbocycles. The molecule has 1 aliphatic rings. The number of fused-ring (bicyclic) bond motifs is 1. The molecule has 0 bridgehead atoms. The van der Waals surface area contributed by atoms with Crippen molar-refractivity contribution in [3.63, 3.8) is 0 Å². The number of aromatic nitrogens is 5. The van der Waals surface area contributed by atoms with Crippen LogP contribution in [-0.4, -0.2) is 63.0 Å². The zero-order chi connectivity index (χ0) is 22.9. The van der Waals surface area contributed by atoms with E-state index in [9.17, 15) is 0 Å². The van der Waals surface area contributed by atoms with Crippen molar-refractivity contribution in [1.82, 2.24) is 29.6 Å². The van der Waals surface area contributed by atoms with E-state index in [2.05, 4.69) is 72.0 Å². The van der Waals surface area contributed by atoms with E-state index >= 15 is 0 Å². The standard InChI is InChI=1S/C24H29N7OS/c1-16-18(3)33-24-22(16)23(27-21(28-24)13-30-9-11-32-12-10-30)29(4)17(2)19-5-7-20(8-6-19)31-15-25-14-26-31/h5-8,14-15,17H,9-13H2,1-4H3. The van der Waals surface area contributed by atoms with Gasteiger partial charge in [-0.1, -0.05) is 12.1 Å². The van der Waals surface area contributed by atoms with Crippen molar-refractivity contribution in [1.29, 1.82) is 0 Å². The lowest BCUT2D eigenvalue weighted by Crippen LogP contribution is -2.36. The van der Waals surface area contributed by atoms with Crippen molar-refractivity contribution >= 4 is 27.4 Å². The first kappa shape index (κ1) is 21.9. The predicted octanol–water partition coefficient (Wildman–Crippen LogP) is 3.92. The molecule has 8 nitrogen and oxygen atoms in total. The Labute approximate surface area is 197 Å². The van der Waals surface area contributed by atoms with E-state index in [0.717, 1.165) is 60.4 Å². The number of aryl methyl sites for hydroxylation is 2. The van der Waals surface area contributed by atoms with Gasteiger partial charge in [-0.3, -0.25) is 4.90 Å². The van der Waals surface area contributed by atoms with Crippen molar-refractivity contribution < 1.29 is 4.74 Å². The lowest BCUT2D eigenvalue weighted by Gasteiger charge is -2.29. The first-order valence-corrected chi connectivity index (χ1v) is 12.1. The Bertz CT molecular complexity index is 1230. The summed E-state index contributed by atoms with van der Waals surface area (Å²) < 4.78 is 7.27. The Morgan fingerprint density at radius 1 is 1.12 bits per heavy atom. The minimum absolute atomic E-state index is 0.142. The van der Waals surface area contributed by atoms with E-state index < -0.39 is 0 Å². The predicted molar refractivity (Wildman–Crippen MR) is 131 cm³/mol. The maximum Gasteiger partial charge on any atom is 0.146 e. The lowest BCUT2D eigenvalue weighted by molar-refractivity contribution is 0.0331. The molecule has 1 aliphatic heterocycles. The van der Waals surface area contributed by atoms with Gasteiger partial charge in [-0.05, 0) is 44.0 Å².